The molecule has 6 heteroatoms. The molecule has 1 aliphatic rings. The van der Waals surface area contributed by atoms with Gasteiger partial charge < -0.3 is 10.6 Å². The molecule has 1 atom stereocenters. The van der Waals surface area contributed by atoms with Gasteiger partial charge in [-0.3, -0.25) is 4.90 Å². The lowest BCUT2D eigenvalue weighted by Crippen LogP contribution is -2.44. The van der Waals surface area contributed by atoms with E-state index in [9.17, 15) is 0 Å². The van der Waals surface area contributed by atoms with Gasteiger partial charge in [-0.2, -0.15) is 5.26 Å². The lowest BCUT2D eigenvalue weighted by atomic mass is 10.1. The van der Waals surface area contributed by atoms with E-state index in [2.05, 4.69) is 58.9 Å². The monoisotopic (exact) mass is 503 g/mol. The summed E-state index contributed by atoms with van der Waals surface area (Å²) in [6.07, 6.45) is 2.47. The van der Waals surface area contributed by atoms with Crippen molar-refractivity contribution in [1.29, 1.82) is 5.26 Å². The molecule has 0 saturated carbocycles. The topological polar surface area (TPSA) is 63.5 Å². The van der Waals surface area contributed by atoms with Gasteiger partial charge >= 0.3 is 0 Å². The maximum Gasteiger partial charge on any atom is 0.191 e. The zero-order chi connectivity index (χ0) is 19.6. The van der Waals surface area contributed by atoms with Gasteiger partial charge in [0.25, 0.3) is 0 Å². The van der Waals surface area contributed by atoms with Crippen molar-refractivity contribution in [2.24, 2.45) is 4.99 Å². The van der Waals surface area contributed by atoms with Crippen molar-refractivity contribution in [1.82, 2.24) is 15.5 Å². The molecule has 2 aromatic carbocycles. The van der Waals surface area contributed by atoms with Crippen LogP contribution in [0.2, 0.25) is 0 Å². The van der Waals surface area contributed by atoms with E-state index in [1.165, 1.54) is 18.4 Å². The van der Waals surface area contributed by atoms with Crippen LogP contribution in [0, 0.1) is 11.3 Å². The second kappa shape index (κ2) is 12.5. The Morgan fingerprint density at radius 3 is 2.55 bits per heavy atom. The zero-order valence-corrected chi connectivity index (χ0v) is 19.3. The molecular formula is C23H30IN5. The number of nitriles is 1. The maximum absolute atomic E-state index is 8.90. The third kappa shape index (κ3) is 7.33. The SMILES string of the molecule is CCNC(=NCc1ccc(C#N)cc1)NCC1CCCN1Cc1ccccc1.I. The first-order valence-corrected chi connectivity index (χ1v) is 10.1. The molecule has 1 unspecified atom stereocenters. The first-order chi connectivity index (χ1) is 13.8. The predicted octanol–water partition coefficient (Wildman–Crippen LogP) is 3.90. The molecule has 0 bridgehead atoms. The Kier molecular flexibility index (Phi) is 9.95. The van der Waals surface area contributed by atoms with Crippen LogP contribution >= 0.6 is 24.0 Å². The van der Waals surface area contributed by atoms with Crippen molar-refractivity contribution in [3.8, 4) is 6.07 Å². The van der Waals surface area contributed by atoms with Crippen LogP contribution in [0.1, 0.15) is 36.5 Å². The fourth-order valence-corrected chi connectivity index (χ4v) is 3.56. The molecule has 29 heavy (non-hydrogen) atoms. The maximum atomic E-state index is 8.90. The number of rotatable bonds is 7. The summed E-state index contributed by atoms with van der Waals surface area (Å²) in [7, 11) is 0. The molecule has 2 aromatic rings. The second-order valence-corrected chi connectivity index (χ2v) is 7.14. The van der Waals surface area contributed by atoms with Gasteiger partial charge in [0.2, 0.25) is 0 Å². The van der Waals surface area contributed by atoms with E-state index in [1.807, 2.05) is 24.3 Å². The van der Waals surface area contributed by atoms with Crippen LogP contribution in [0.5, 0.6) is 0 Å². The minimum Gasteiger partial charge on any atom is -0.357 e. The van der Waals surface area contributed by atoms with Crippen LogP contribution in [-0.4, -0.2) is 36.5 Å². The second-order valence-electron chi connectivity index (χ2n) is 7.14. The summed E-state index contributed by atoms with van der Waals surface area (Å²) in [6.45, 7) is 6.56. The normalized spacial score (nSPS) is 16.7. The van der Waals surface area contributed by atoms with E-state index in [0.717, 1.165) is 37.7 Å². The Morgan fingerprint density at radius 1 is 1.10 bits per heavy atom. The molecule has 0 aliphatic carbocycles. The standard InChI is InChI=1S/C23H29N5.HI/c1-2-25-23(26-16-20-12-10-19(15-24)11-13-20)27-17-22-9-6-14-28(22)18-21-7-4-3-5-8-21;/h3-5,7-8,10-13,22H,2,6,9,14,16-18H2,1H3,(H2,25,26,27);1H. The Hall–Kier alpha value is -2.11. The van der Waals surface area contributed by atoms with Crippen molar-refractivity contribution in [2.75, 3.05) is 19.6 Å². The first-order valence-electron chi connectivity index (χ1n) is 10.1. The highest BCUT2D eigenvalue weighted by molar-refractivity contribution is 14.0. The van der Waals surface area contributed by atoms with Crippen molar-refractivity contribution >= 4 is 29.9 Å². The summed E-state index contributed by atoms with van der Waals surface area (Å²) >= 11 is 0. The quantitative estimate of drug-likeness (QED) is 0.342. The van der Waals surface area contributed by atoms with Gasteiger partial charge in [-0.05, 0) is 49.6 Å². The third-order valence-corrected chi connectivity index (χ3v) is 5.08. The highest BCUT2D eigenvalue weighted by Crippen LogP contribution is 2.19. The zero-order valence-electron chi connectivity index (χ0n) is 17.0. The molecule has 1 aliphatic heterocycles. The van der Waals surface area contributed by atoms with Gasteiger partial charge in [0.05, 0.1) is 18.2 Å². The molecule has 0 spiro atoms. The average molecular weight is 503 g/mol. The Balaban J connectivity index is 0.00000300. The van der Waals surface area contributed by atoms with Gasteiger partial charge in [0.1, 0.15) is 0 Å². The summed E-state index contributed by atoms with van der Waals surface area (Å²) in [5.74, 6) is 0.846. The Morgan fingerprint density at radius 2 is 1.86 bits per heavy atom. The van der Waals surface area contributed by atoms with Gasteiger partial charge in [-0.15, -0.1) is 24.0 Å². The Bertz CT molecular complexity index is 798. The van der Waals surface area contributed by atoms with Crippen molar-refractivity contribution in [2.45, 2.75) is 38.9 Å². The highest BCUT2D eigenvalue weighted by Gasteiger charge is 2.24. The first kappa shape index (κ1) is 23.2. The lowest BCUT2D eigenvalue weighted by Gasteiger charge is -2.25. The number of hydrogen-bond donors (Lipinski definition) is 2. The van der Waals surface area contributed by atoms with Crippen LogP contribution in [0.3, 0.4) is 0 Å². The summed E-state index contributed by atoms with van der Waals surface area (Å²) in [4.78, 5) is 7.26. The minimum absolute atomic E-state index is 0. The van der Waals surface area contributed by atoms with Crippen LogP contribution in [0.15, 0.2) is 59.6 Å². The average Bonchev–Trinajstić information content (AvgIpc) is 3.18. The Labute approximate surface area is 191 Å². The van der Waals surface area contributed by atoms with E-state index in [1.54, 1.807) is 0 Å². The van der Waals surface area contributed by atoms with Crippen molar-refractivity contribution in [3.63, 3.8) is 0 Å². The molecular weight excluding hydrogens is 473 g/mol. The van der Waals surface area contributed by atoms with Crippen LogP contribution in [0.4, 0.5) is 0 Å². The van der Waals surface area contributed by atoms with Gasteiger partial charge in [0.15, 0.2) is 5.96 Å². The fourth-order valence-electron chi connectivity index (χ4n) is 3.56. The molecule has 1 fully saturated rings. The van der Waals surface area contributed by atoms with Gasteiger partial charge in [-0.25, -0.2) is 4.99 Å². The molecule has 3 rings (SSSR count). The number of likely N-dealkylation sites (tertiary alicyclic amines) is 1. The summed E-state index contributed by atoms with van der Waals surface area (Å²) in [5.41, 5.74) is 3.15. The molecule has 0 aromatic heterocycles. The fraction of sp³-hybridized carbons (Fsp3) is 0.391. The molecule has 0 amide bonds. The number of aliphatic imine (C=N–C) groups is 1. The van der Waals surface area contributed by atoms with E-state index >= 15 is 0 Å². The third-order valence-electron chi connectivity index (χ3n) is 5.08. The molecule has 2 N–H and O–H groups in total. The summed E-state index contributed by atoms with van der Waals surface area (Å²) < 4.78 is 0. The lowest BCUT2D eigenvalue weighted by molar-refractivity contribution is 0.245. The number of nitrogens with one attached hydrogen (secondary N) is 2. The highest BCUT2D eigenvalue weighted by atomic mass is 127. The minimum atomic E-state index is 0. The largest absolute Gasteiger partial charge is 0.357 e. The molecule has 154 valence electrons. The van der Waals surface area contributed by atoms with E-state index in [4.69, 9.17) is 10.3 Å². The number of guanidine groups is 1. The van der Waals surface area contributed by atoms with Gasteiger partial charge in [-0.1, -0.05) is 42.5 Å². The molecule has 0 radical (unpaired) electrons. The molecule has 1 heterocycles. The smallest absolute Gasteiger partial charge is 0.191 e. The number of hydrogen-bond acceptors (Lipinski definition) is 3. The van der Waals surface area contributed by atoms with Gasteiger partial charge in [0, 0.05) is 25.7 Å². The number of benzene rings is 2. The van der Waals surface area contributed by atoms with E-state index in [-0.39, 0.29) is 24.0 Å². The summed E-state index contributed by atoms with van der Waals surface area (Å²) in [5, 5.41) is 15.8. The predicted molar refractivity (Wildman–Crippen MR) is 129 cm³/mol. The van der Waals surface area contributed by atoms with Crippen molar-refractivity contribution in [3.05, 3.63) is 71.3 Å². The number of nitrogens with zero attached hydrogens (tertiary/aromatic N) is 3. The van der Waals surface area contributed by atoms with Crippen LogP contribution < -0.4 is 10.6 Å². The number of halogens is 1. The van der Waals surface area contributed by atoms with Crippen LogP contribution in [-0.2, 0) is 13.1 Å². The van der Waals surface area contributed by atoms with Crippen molar-refractivity contribution < 1.29 is 0 Å². The molecule has 1 saturated heterocycles. The summed E-state index contributed by atoms with van der Waals surface area (Å²) in [6, 6.07) is 21.0. The van der Waals surface area contributed by atoms with E-state index in [0.29, 0.717) is 18.2 Å². The molecule has 5 nitrogen and oxygen atoms in total. The van der Waals surface area contributed by atoms with E-state index < -0.39 is 0 Å². The van der Waals surface area contributed by atoms with Crippen LogP contribution in [0.25, 0.3) is 0 Å².